The van der Waals surface area contributed by atoms with Gasteiger partial charge in [-0.3, -0.25) is 0 Å². The van der Waals surface area contributed by atoms with Crippen molar-refractivity contribution in [3.05, 3.63) is 5.82 Å². The second-order valence-corrected chi connectivity index (χ2v) is 4.73. The predicted octanol–water partition coefficient (Wildman–Crippen LogP) is 3.41. The van der Waals surface area contributed by atoms with Crippen LogP contribution < -0.4 is 5.32 Å². The van der Waals surface area contributed by atoms with Gasteiger partial charge in [0.25, 0.3) is 0 Å². The zero-order valence-electron chi connectivity index (χ0n) is 9.30. The van der Waals surface area contributed by atoms with Gasteiger partial charge in [0.1, 0.15) is 5.82 Å². The van der Waals surface area contributed by atoms with Crippen molar-refractivity contribution in [3.8, 4) is 0 Å². The Hall–Kier alpha value is -0.850. The van der Waals surface area contributed by atoms with Crippen LogP contribution in [-0.4, -0.2) is 21.6 Å². The van der Waals surface area contributed by atoms with E-state index in [1.807, 2.05) is 13.8 Å². The van der Waals surface area contributed by atoms with Crippen molar-refractivity contribution in [1.29, 1.82) is 0 Å². The molecular formula is C9H14F3N3S. The van der Waals surface area contributed by atoms with Gasteiger partial charge in [0.15, 0.2) is 0 Å². The van der Waals surface area contributed by atoms with Crippen LogP contribution in [0.4, 0.5) is 18.3 Å². The molecule has 1 N–H and O–H groups in total. The Balaban J connectivity index is 2.53. The lowest BCUT2D eigenvalue weighted by molar-refractivity contribution is -0.136. The minimum atomic E-state index is -4.15. The van der Waals surface area contributed by atoms with Gasteiger partial charge in [0.05, 0.1) is 6.42 Å². The fourth-order valence-corrected chi connectivity index (χ4v) is 1.96. The molecule has 0 radical (unpaired) electrons. The number of halogens is 3. The molecule has 1 unspecified atom stereocenters. The third-order valence-corrected chi connectivity index (χ3v) is 2.53. The third-order valence-electron chi connectivity index (χ3n) is 1.87. The molecule has 0 aliphatic heterocycles. The smallest absolute Gasteiger partial charge is 0.357 e. The Labute approximate surface area is 96.3 Å². The normalized spacial score (nSPS) is 14.2. The summed E-state index contributed by atoms with van der Waals surface area (Å²) in [4.78, 5) is 4.11. The average Bonchev–Trinajstić information content (AvgIpc) is 2.48. The van der Waals surface area contributed by atoms with Crippen molar-refractivity contribution in [2.24, 2.45) is 0 Å². The number of aromatic nitrogens is 2. The van der Waals surface area contributed by atoms with Crippen LogP contribution in [0.1, 0.15) is 38.9 Å². The molecule has 0 spiro atoms. The summed E-state index contributed by atoms with van der Waals surface area (Å²) in [7, 11) is 0. The summed E-state index contributed by atoms with van der Waals surface area (Å²) in [5, 5.41) is 3.14. The molecule has 0 saturated heterocycles. The molecule has 0 amide bonds. The SMILES string of the molecule is CC(CC(F)(F)F)Nc1nc(C(C)C)ns1. The maximum atomic E-state index is 12.1. The highest BCUT2D eigenvalue weighted by molar-refractivity contribution is 7.09. The summed E-state index contributed by atoms with van der Waals surface area (Å²) in [5.41, 5.74) is 0. The van der Waals surface area contributed by atoms with Crippen LogP contribution in [0.5, 0.6) is 0 Å². The zero-order valence-corrected chi connectivity index (χ0v) is 10.1. The van der Waals surface area contributed by atoms with E-state index in [9.17, 15) is 13.2 Å². The lowest BCUT2D eigenvalue weighted by Crippen LogP contribution is -2.23. The molecule has 0 aromatic carbocycles. The lowest BCUT2D eigenvalue weighted by Gasteiger charge is -2.14. The molecule has 1 rings (SSSR count). The first-order chi connectivity index (χ1) is 7.28. The topological polar surface area (TPSA) is 37.8 Å². The van der Waals surface area contributed by atoms with Crippen molar-refractivity contribution in [2.75, 3.05) is 5.32 Å². The van der Waals surface area contributed by atoms with Crippen molar-refractivity contribution >= 4 is 16.7 Å². The summed E-state index contributed by atoms with van der Waals surface area (Å²) in [6, 6.07) is -0.687. The maximum Gasteiger partial charge on any atom is 0.391 e. The highest BCUT2D eigenvalue weighted by atomic mass is 32.1. The Kier molecular flexibility index (Phi) is 4.12. The van der Waals surface area contributed by atoms with E-state index in [1.165, 1.54) is 6.92 Å². The van der Waals surface area contributed by atoms with Crippen LogP contribution in [0.3, 0.4) is 0 Å². The fraction of sp³-hybridized carbons (Fsp3) is 0.778. The van der Waals surface area contributed by atoms with Gasteiger partial charge in [-0.15, -0.1) is 0 Å². The minimum absolute atomic E-state index is 0.185. The summed E-state index contributed by atoms with van der Waals surface area (Å²) in [6.45, 7) is 5.35. The highest BCUT2D eigenvalue weighted by Gasteiger charge is 2.30. The first-order valence-electron chi connectivity index (χ1n) is 4.95. The monoisotopic (exact) mass is 253 g/mol. The molecule has 1 heterocycles. The molecule has 0 fully saturated rings. The summed E-state index contributed by atoms with van der Waals surface area (Å²) in [5.74, 6) is 0.844. The number of hydrogen-bond donors (Lipinski definition) is 1. The lowest BCUT2D eigenvalue weighted by atomic mass is 10.2. The van der Waals surface area contributed by atoms with Gasteiger partial charge in [0.2, 0.25) is 5.13 Å². The van der Waals surface area contributed by atoms with Gasteiger partial charge in [-0.25, -0.2) is 4.98 Å². The molecule has 0 bridgehead atoms. The van der Waals surface area contributed by atoms with Crippen LogP contribution in [0.25, 0.3) is 0 Å². The quantitative estimate of drug-likeness (QED) is 0.893. The number of anilines is 1. The zero-order chi connectivity index (χ0) is 12.3. The second-order valence-electron chi connectivity index (χ2n) is 3.98. The summed E-state index contributed by atoms with van der Waals surface area (Å²) < 4.78 is 40.3. The number of rotatable bonds is 4. The van der Waals surface area contributed by atoms with Gasteiger partial charge in [-0.1, -0.05) is 13.8 Å². The molecule has 16 heavy (non-hydrogen) atoms. The standard InChI is InChI=1S/C9H14F3N3S/c1-5(2)7-14-8(16-15-7)13-6(3)4-9(10,11)12/h5-6H,4H2,1-3H3,(H,13,14,15). The first-order valence-corrected chi connectivity index (χ1v) is 5.72. The van der Waals surface area contributed by atoms with E-state index in [2.05, 4.69) is 14.7 Å². The molecule has 1 aromatic rings. The van der Waals surface area contributed by atoms with Gasteiger partial charge >= 0.3 is 6.18 Å². The van der Waals surface area contributed by atoms with E-state index in [0.717, 1.165) is 11.5 Å². The largest absolute Gasteiger partial charge is 0.391 e. The fourth-order valence-electron chi connectivity index (χ4n) is 1.14. The van der Waals surface area contributed by atoms with Gasteiger partial charge in [-0.2, -0.15) is 17.5 Å². The van der Waals surface area contributed by atoms with Gasteiger partial charge in [0, 0.05) is 23.5 Å². The highest BCUT2D eigenvalue weighted by Crippen LogP contribution is 2.24. The molecule has 0 aliphatic rings. The molecule has 0 aliphatic carbocycles. The predicted molar refractivity (Wildman–Crippen MR) is 57.8 cm³/mol. The van der Waals surface area contributed by atoms with Crippen molar-refractivity contribution in [2.45, 2.75) is 45.3 Å². The van der Waals surface area contributed by atoms with Crippen molar-refractivity contribution in [1.82, 2.24) is 9.36 Å². The van der Waals surface area contributed by atoms with Crippen LogP contribution in [0.15, 0.2) is 0 Å². The first kappa shape index (κ1) is 13.2. The molecule has 0 saturated carbocycles. The van der Waals surface area contributed by atoms with E-state index in [0.29, 0.717) is 11.0 Å². The van der Waals surface area contributed by atoms with E-state index in [1.54, 1.807) is 0 Å². The van der Waals surface area contributed by atoms with Crippen LogP contribution in [0, 0.1) is 0 Å². The summed E-state index contributed by atoms with van der Waals surface area (Å²) in [6.07, 6.45) is -5.03. The summed E-state index contributed by atoms with van der Waals surface area (Å²) >= 11 is 1.09. The molecule has 7 heteroatoms. The molecule has 92 valence electrons. The van der Waals surface area contributed by atoms with E-state index >= 15 is 0 Å². The minimum Gasteiger partial charge on any atom is -0.357 e. The molecule has 1 atom stereocenters. The Bertz CT molecular complexity index is 335. The Morgan fingerprint density at radius 1 is 1.31 bits per heavy atom. The number of nitrogens with one attached hydrogen (secondary N) is 1. The van der Waals surface area contributed by atoms with Crippen molar-refractivity contribution < 1.29 is 13.2 Å². The number of alkyl halides is 3. The Morgan fingerprint density at radius 3 is 2.38 bits per heavy atom. The number of hydrogen-bond acceptors (Lipinski definition) is 4. The molecule has 1 aromatic heterocycles. The average molecular weight is 253 g/mol. The van der Waals surface area contributed by atoms with Crippen LogP contribution in [0.2, 0.25) is 0 Å². The van der Waals surface area contributed by atoms with Gasteiger partial charge < -0.3 is 5.32 Å². The second kappa shape index (κ2) is 4.99. The van der Waals surface area contributed by atoms with E-state index < -0.39 is 18.6 Å². The third kappa shape index (κ3) is 4.34. The van der Waals surface area contributed by atoms with E-state index in [4.69, 9.17) is 0 Å². The molecular weight excluding hydrogens is 239 g/mol. The van der Waals surface area contributed by atoms with Crippen LogP contribution in [-0.2, 0) is 0 Å². The maximum absolute atomic E-state index is 12.1. The molecule has 3 nitrogen and oxygen atoms in total. The Morgan fingerprint density at radius 2 is 1.94 bits per heavy atom. The van der Waals surface area contributed by atoms with Crippen molar-refractivity contribution in [3.63, 3.8) is 0 Å². The number of nitrogens with zero attached hydrogens (tertiary/aromatic N) is 2. The van der Waals surface area contributed by atoms with E-state index in [-0.39, 0.29) is 5.92 Å². The van der Waals surface area contributed by atoms with Crippen LogP contribution >= 0.6 is 11.5 Å². The van der Waals surface area contributed by atoms with Gasteiger partial charge in [-0.05, 0) is 6.92 Å².